The molecule has 4 rings (SSSR count). The third kappa shape index (κ3) is 4.44. The Hall–Kier alpha value is -4.66. The van der Waals surface area contributed by atoms with Crippen molar-refractivity contribution >= 4 is 28.6 Å². The second kappa shape index (κ2) is 9.45. The second-order valence-electron chi connectivity index (χ2n) is 7.11. The van der Waals surface area contributed by atoms with Crippen LogP contribution in [0.15, 0.2) is 71.1 Å². The molecule has 3 aromatic carbocycles. The topological polar surface area (TPSA) is 118 Å². The highest BCUT2D eigenvalue weighted by atomic mass is 16.6. The van der Waals surface area contributed by atoms with Gasteiger partial charge in [-0.15, -0.1) is 0 Å². The van der Waals surface area contributed by atoms with Gasteiger partial charge in [0, 0.05) is 23.1 Å². The summed E-state index contributed by atoms with van der Waals surface area (Å²) in [5, 5.41) is 11.4. The van der Waals surface area contributed by atoms with Crippen molar-refractivity contribution in [2.45, 2.75) is 6.92 Å². The summed E-state index contributed by atoms with van der Waals surface area (Å²) in [7, 11) is 1.55. The average molecular weight is 461 g/mol. The standard InChI is InChI=1S/C25H19NO8/c1-3-32-25(28)22-20-14-19(33-24(27)16-5-4-6-17(13-16)26(29)30)11-12-21(20)34-23(22)15-7-9-18(31-2)10-8-15/h4-14H,3H2,1-2H3. The van der Waals surface area contributed by atoms with Crippen molar-refractivity contribution in [2.75, 3.05) is 13.7 Å². The number of fused-ring (bicyclic) bond motifs is 1. The van der Waals surface area contributed by atoms with E-state index in [9.17, 15) is 19.7 Å². The number of methoxy groups -OCH3 is 1. The van der Waals surface area contributed by atoms with Gasteiger partial charge in [-0.3, -0.25) is 10.1 Å². The maximum Gasteiger partial charge on any atom is 0.343 e. The molecular formula is C25H19NO8. The second-order valence-corrected chi connectivity index (χ2v) is 7.11. The molecule has 0 aliphatic carbocycles. The zero-order valence-corrected chi connectivity index (χ0v) is 18.3. The van der Waals surface area contributed by atoms with Gasteiger partial charge in [-0.1, -0.05) is 6.07 Å². The van der Waals surface area contributed by atoms with Crippen LogP contribution in [0.1, 0.15) is 27.6 Å². The summed E-state index contributed by atoms with van der Waals surface area (Å²) < 4.78 is 21.8. The summed E-state index contributed by atoms with van der Waals surface area (Å²) >= 11 is 0. The quantitative estimate of drug-likeness (QED) is 0.155. The number of carbonyl (C=O) groups is 2. The van der Waals surface area contributed by atoms with E-state index in [-0.39, 0.29) is 29.2 Å². The van der Waals surface area contributed by atoms with Gasteiger partial charge in [0.25, 0.3) is 5.69 Å². The normalized spacial score (nSPS) is 10.6. The van der Waals surface area contributed by atoms with Crippen molar-refractivity contribution in [1.82, 2.24) is 0 Å². The van der Waals surface area contributed by atoms with Crippen LogP contribution in [0.4, 0.5) is 5.69 Å². The van der Waals surface area contributed by atoms with Crippen LogP contribution in [-0.4, -0.2) is 30.6 Å². The van der Waals surface area contributed by atoms with Crippen molar-refractivity contribution in [2.24, 2.45) is 0 Å². The first-order valence-electron chi connectivity index (χ1n) is 10.3. The molecule has 0 aliphatic heterocycles. The molecule has 0 amide bonds. The molecule has 0 unspecified atom stereocenters. The van der Waals surface area contributed by atoms with Gasteiger partial charge in [0.1, 0.15) is 28.4 Å². The Morgan fingerprint density at radius 2 is 1.71 bits per heavy atom. The lowest BCUT2D eigenvalue weighted by Crippen LogP contribution is -2.09. The van der Waals surface area contributed by atoms with E-state index in [2.05, 4.69) is 0 Å². The lowest BCUT2D eigenvalue weighted by molar-refractivity contribution is -0.384. The molecule has 9 nitrogen and oxygen atoms in total. The van der Waals surface area contributed by atoms with Crippen molar-refractivity contribution in [3.8, 4) is 22.8 Å². The molecule has 4 aromatic rings. The lowest BCUT2D eigenvalue weighted by Gasteiger charge is -2.06. The highest BCUT2D eigenvalue weighted by Crippen LogP contribution is 2.37. The summed E-state index contributed by atoms with van der Waals surface area (Å²) in [6.07, 6.45) is 0. The Morgan fingerprint density at radius 1 is 0.971 bits per heavy atom. The van der Waals surface area contributed by atoms with E-state index in [1.54, 1.807) is 44.4 Å². The van der Waals surface area contributed by atoms with Gasteiger partial charge in [0.05, 0.1) is 24.2 Å². The van der Waals surface area contributed by atoms with Gasteiger partial charge in [-0.2, -0.15) is 0 Å². The number of furan rings is 1. The van der Waals surface area contributed by atoms with E-state index in [1.165, 1.54) is 30.3 Å². The molecular weight excluding hydrogens is 442 g/mol. The molecule has 0 atom stereocenters. The predicted octanol–water partition coefficient (Wildman–Crippen LogP) is 5.41. The number of esters is 2. The molecule has 0 aliphatic rings. The molecule has 0 saturated carbocycles. The van der Waals surface area contributed by atoms with Crippen LogP contribution in [0.3, 0.4) is 0 Å². The minimum absolute atomic E-state index is 0.0195. The lowest BCUT2D eigenvalue weighted by atomic mass is 10.1. The summed E-state index contributed by atoms with van der Waals surface area (Å²) in [5.41, 5.74) is 1.01. The highest BCUT2D eigenvalue weighted by molar-refractivity contribution is 6.09. The first kappa shape index (κ1) is 22.5. The van der Waals surface area contributed by atoms with Gasteiger partial charge in [0.15, 0.2) is 0 Å². The molecule has 0 radical (unpaired) electrons. The number of benzene rings is 3. The number of hydrogen-bond donors (Lipinski definition) is 0. The van der Waals surface area contributed by atoms with E-state index in [1.807, 2.05) is 0 Å². The number of nitro benzene ring substituents is 1. The fraction of sp³-hybridized carbons (Fsp3) is 0.120. The summed E-state index contributed by atoms with van der Waals surface area (Å²) in [5.74, 6) is -0.281. The van der Waals surface area contributed by atoms with Gasteiger partial charge < -0.3 is 18.6 Å². The largest absolute Gasteiger partial charge is 0.497 e. The van der Waals surface area contributed by atoms with Gasteiger partial charge >= 0.3 is 11.9 Å². The van der Waals surface area contributed by atoms with Gasteiger partial charge in [-0.25, -0.2) is 9.59 Å². The van der Waals surface area contributed by atoms with Crippen LogP contribution < -0.4 is 9.47 Å². The highest BCUT2D eigenvalue weighted by Gasteiger charge is 2.24. The summed E-state index contributed by atoms with van der Waals surface area (Å²) in [4.78, 5) is 35.8. The SMILES string of the molecule is CCOC(=O)c1c(-c2ccc(OC)cc2)oc2ccc(OC(=O)c3cccc([N+](=O)[O-])c3)cc12. The Labute approximate surface area is 193 Å². The molecule has 0 bridgehead atoms. The maximum absolute atomic E-state index is 12.8. The molecule has 0 fully saturated rings. The molecule has 9 heteroatoms. The molecule has 1 heterocycles. The molecule has 34 heavy (non-hydrogen) atoms. The molecule has 0 saturated heterocycles. The van der Waals surface area contributed by atoms with Gasteiger partial charge in [0.2, 0.25) is 0 Å². The minimum Gasteiger partial charge on any atom is -0.497 e. The van der Waals surface area contributed by atoms with E-state index in [4.69, 9.17) is 18.6 Å². The van der Waals surface area contributed by atoms with Crippen LogP contribution >= 0.6 is 0 Å². The fourth-order valence-corrected chi connectivity index (χ4v) is 3.40. The zero-order chi connectivity index (χ0) is 24.2. The number of hydrogen-bond acceptors (Lipinski definition) is 8. The summed E-state index contributed by atoms with van der Waals surface area (Å²) in [6.45, 7) is 1.86. The molecule has 1 aromatic heterocycles. The van der Waals surface area contributed by atoms with E-state index >= 15 is 0 Å². The number of nitrogens with zero attached hydrogens (tertiary/aromatic N) is 1. The number of nitro groups is 1. The smallest absolute Gasteiger partial charge is 0.343 e. The average Bonchev–Trinajstić information content (AvgIpc) is 3.23. The minimum atomic E-state index is -0.778. The Bertz CT molecular complexity index is 1390. The zero-order valence-electron chi connectivity index (χ0n) is 18.3. The predicted molar refractivity (Wildman–Crippen MR) is 122 cm³/mol. The Kier molecular flexibility index (Phi) is 6.26. The van der Waals surface area contributed by atoms with E-state index in [0.717, 1.165) is 6.07 Å². The van der Waals surface area contributed by atoms with Crippen LogP contribution in [0, 0.1) is 10.1 Å². The molecule has 172 valence electrons. The van der Waals surface area contributed by atoms with Crippen LogP contribution in [0.2, 0.25) is 0 Å². The Morgan fingerprint density at radius 3 is 2.38 bits per heavy atom. The fourth-order valence-electron chi connectivity index (χ4n) is 3.40. The van der Waals surface area contributed by atoms with E-state index in [0.29, 0.717) is 28.0 Å². The monoisotopic (exact) mass is 461 g/mol. The number of ether oxygens (including phenoxy) is 3. The third-order valence-corrected chi connectivity index (χ3v) is 4.99. The first-order valence-corrected chi connectivity index (χ1v) is 10.3. The van der Waals surface area contributed by atoms with Crippen molar-refractivity contribution in [3.05, 3.63) is 88.0 Å². The third-order valence-electron chi connectivity index (χ3n) is 4.99. The van der Waals surface area contributed by atoms with E-state index < -0.39 is 16.9 Å². The number of non-ortho nitro benzene ring substituents is 1. The van der Waals surface area contributed by atoms with Gasteiger partial charge in [-0.05, 0) is 55.5 Å². The molecule has 0 spiro atoms. The van der Waals surface area contributed by atoms with Crippen molar-refractivity contribution < 1.29 is 33.1 Å². The number of rotatable bonds is 7. The van der Waals surface area contributed by atoms with Crippen LogP contribution in [0.5, 0.6) is 11.5 Å². The van der Waals surface area contributed by atoms with Crippen molar-refractivity contribution in [3.63, 3.8) is 0 Å². The molecule has 0 N–H and O–H groups in total. The van der Waals surface area contributed by atoms with Crippen LogP contribution in [-0.2, 0) is 4.74 Å². The van der Waals surface area contributed by atoms with Crippen molar-refractivity contribution in [1.29, 1.82) is 0 Å². The first-order chi connectivity index (χ1) is 16.4. The van der Waals surface area contributed by atoms with Crippen LogP contribution in [0.25, 0.3) is 22.3 Å². The maximum atomic E-state index is 12.8. The summed E-state index contributed by atoms with van der Waals surface area (Å²) in [6, 6.07) is 16.8. The Balaban J connectivity index is 1.74. The number of carbonyl (C=O) groups excluding carboxylic acids is 2.